The van der Waals surface area contributed by atoms with Crippen molar-refractivity contribution in [1.82, 2.24) is 0 Å². The van der Waals surface area contributed by atoms with Crippen molar-refractivity contribution in [3.05, 3.63) is 12.7 Å². The Morgan fingerprint density at radius 1 is 1.50 bits per heavy atom. The van der Waals surface area contributed by atoms with Gasteiger partial charge < -0.3 is 5.11 Å². The highest BCUT2D eigenvalue weighted by Gasteiger charge is 2.19. The third-order valence-corrected chi connectivity index (χ3v) is 1.78. The number of rotatable bonds is 1. The first-order chi connectivity index (χ1) is 3.83. The topological polar surface area (TPSA) is 20.2 Å². The summed E-state index contributed by atoms with van der Waals surface area (Å²) in [5, 5.41) is 8.98. The number of hydrogen-bond donors (Lipinski definition) is 1. The van der Waals surface area contributed by atoms with Gasteiger partial charge in [-0.1, -0.05) is 6.08 Å². The van der Waals surface area contributed by atoms with Crippen molar-refractivity contribution in [2.75, 3.05) is 0 Å². The summed E-state index contributed by atoms with van der Waals surface area (Å²) in [5.41, 5.74) is 0. The van der Waals surface area contributed by atoms with Crippen LogP contribution in [0.1, 0.15) is 19.3 Å². The van der Waals surface area contributed by atoms with Gasteiger partial charge in [0.05, 0.1) is 6.10 Å². The van der Waals surface area contributed by atoms with E-state index < -0.39 is 0 Å². The predicted octanol–water partition coefficient (Wildman–Crippen LogP) is 1.33. The molecular weight excluding hydrogens is 100 g/mol. The lowest BCUT2D eigenvalue weighted by atomic mass is 10.1. The maximum Gasteiger partial charge on any atom is 0.0546 e. The van der Waals surface area contributed by atoms with Crippen LogP contribution in [-0.4, -0.2) is 11.2 Å². The van der Waals surface area contributed by atoms with E-state index in [1.807, 2.05) is 6.08 Å². The van der Waals surface area contributed by atoms with Crippen molar-refractivity contribution >= 4 is 0 Å². The average Bonchev–Trinajstić information content (AvgIpc) is 2.14. The van der Waals surface area contributed by atoms with Crippen molar-refractivity contribution in [3.63, 3.8) is 0 Å². The molecule has 0 amide bonds. The van der Waals surface area contributed by atoms with Crippen LogP contribution in [-0.2, 0) is 0 Å². The maximum absolute atomic E-state index is 8.98. The van der Waals surface area contributed by atoms with Crippen molar-refractivity contribution in [2.45, 2.75) is 25.4 Å². The Kier molecular flexibility index (Phi) is 1.69. The van der Waals surface area contributed by atoms with Crippen LogP contribution in [0.2, 0.25) is 0 Å². The number of aliphatic hydroxyl groups is 1. The summed E-state index contributed by atoms with van der Waals surface area (Å²) in [6.07, 6.45) is 4.93. The molecule has 0 bridgehead atoms. The largest absolute Gasteiger partial charge is 0.393 e. The third kappa shape index (κ3) is 1.10. The Balaban J connectivity index is 2.32. The molecule has 0 aromatic heterocycles. The number of aliphatic hydroxyl groups excluding tert-OH is 1. The normalized spacial score (nSPS) is 37.6. The molecule has 1 fully saturated rings. The van der Waals surface area contributed by atoms with Gasteiger partial charge in [0.1, 0.15) is 0 Å². The van der Waals surface area contributed by atoms with Gasteiger partial charge in [-0.2, -0.15) is 0 Å². The van der Waals surface area contributed by atoms with E-state index in [1.54, 1.807) is 0 Å². The molecule has 0 aromatic rings. The van der Waals surface area contributed by atoms with E-state index in [2.05, 4.69) is 6.58 Å². The van der Waals surface area contributed by atoms with E-state index in [9.17, 15) is 0 Å². The molecule has 1 N–H and O–H groups in total. The summed E-state index contributed by atoms with van der Waals surface area (Å²) in [6.45, 7) is 3.67. The summed E-state index contributed by atoms with van der Waals surface area (Å²) in [4.78, 5) is 0. The van der Waals surface area contributed by atoms with Crippen molar-refractivity contribution in [1.29, 1.82) is 0 Å². The van der Waals surface area contributed by atoms with Crippen molar-refractivity contribution < 1.29 is 5.11 Å². The van der Waals surface area contributed by atoms with Crippen LogP contribution in [0.15, 0.2) is 12.7 Å². The molecule has 0 aromatic carbocycles. The van der Waals surface area contributed by atoms with Gasteiger partial charge in [0.2, 0.25) is 0 Å². The van der Waals surface area contributed by atoms with E-state index in [-0.39, 0.29) is 6.10 Å². The van der Waals surface area contributed by atoms with Gasteiger partial charge in [0.15, 0.2) is 0 Å². The molecule has 1 heteroatoms. The molecular formula is C7H12O. The Hall–Kier alpha value is -0.300. The van der Waals surface area contributed by atoms with Gasteiger partial charge in [-0.05, 0) is 25.2 Å². The Morgan fingerprint density at radius 2 is 2.25 bits per heavy atom. The summed E-state index contributed by atoms with van der Waals surface area (Å²) >= 11 is 0. The molecule has 2 atom stereocenters. The van der Waals surface area contributed by atoms with E-state index in [0.29, 0.717) is 5.92 Å². The van der Waals surface area contributed by atoms with Gasteiger partial charge in [0, 0.05) is 0 Å². The van der Waals surface area contributed by atoms with Crippen LogP contribution in [0.25, 0.3) is 0 Å². The second kappa shape index (κ2) is 2.31. The van der Waals surface area contributed by atoms with Gasteiger partial charge in [-0.25, -0.2) is 0 Å². The molecule has 1 saturated carbocycles. The third-order valence-electron chi connectivity index (χ3n) is 1.78. The molecule has 0 spiro atoms. The first kappa shape index (κ1) is 5.83. The molecule has 0 saturated heterocycles. The Labute approximate surface area is 50.0 Å². The highest BCUT2D eigenvalue weighted by molar-refractivity contribution is 4.86. The Bertz CT molecular complexity index is 88.4. The van der Waals surface area contributed by atoms with Crippen LogP contribution in [0, 0.1) is 5.92 Å². The lowest BCUT2D eigenvalue weighted by Gasteiger charge is -1.97. The predicted molar refractivity (Wildman–Crippen MR) is 33.5 cm³/mol. The minimum atomic E-state index is -0.0435. The number of hydrogen-bond acceptors (Lipinski definition) is 1. The zero-order valence-electron chi connectivity index (χ0n) is 5.01. The second-order valence-electron chi connectivity index (χ2n) is 2.46. The van der Waals surface area contributed by atoms with Crippen LogP contribution in [0.4, 0.5) is 0 Å². The zero-order valence-corrected chi connectivity index (χ0v) is 5.01. The van der Waals surface area contributed by atoms with Gasteiger partial charge >= 0.3 is 0 Å². The standard InChI is InChI=1S/C7H12O/c1-2-6-3-4-7(8)5-6/h2,6-8H,1,3-5H2/t6-,7-/m0/s1. The summed E-state index contributed by atoms with van der Waals surface area (Å²) < 4.78 is 0. The van der Waals surface area contributed by atoms with Gasteiger partial charge in [-0.15, -0.1) is 6.58 Å². The molecule has 46 valence electrons. The minimum absolute atomic E-state index is 0.0435. The quantitative estimate of drug-likeness (QED) is 0.507. The SMILES string of the molecule is C=C[C@H]1CC[C@H](O)C1. The van der Waals surface area contributed by atoms with Crippen molar-refractivity contribution in [3.8, 4) is 0 Å². The highest BCUT2D eigenvalue weighted by atomic mass is 16.3. The fraction of sp³-hybridized carbons (Fsp3) is 0.714. The van der Waals surface area contributed by atoms with Crippen LogP contribution in [0.3, 0.4) is 0 Å². The van der Waals surface area contributed by atoms with E-state index in [0.717, 1.165) is 19.3 Å². The first-order valence-corrected chi connectivity index (χ1v) is 3.13. The average molecular weight is 112 g/mol. The molecule has 1 aliphatic carbocycles. The van der Waals surface area contributed by atoms with Crippen LogP contribution >= 0.6 is 0 Å². The lowest BCUT2D eigenvalue weighted by molar-refractivity contribution is 0.180. The van der Waals surface area contributed by atoms with Crippen molar-refractivity contribution in [2.24, 2.45) is 5.92 Å². The monoisotopic (exact) mass is 112 g/mol. The smallest absolute Gasteiger partial charge is 0.0546 e. The van der Waals surface area contributed by atoms with E-state index in [4.69, 9.17) is 5.11 Å². The maximum atomic E-state index is 8.98. The van der Waals surface area contributed by atoms with E-state index >= 15 is 0 Å². The molecule has 1 aliphatic rings. The number of allylic oxidation sites excluding steroid dienone is 1. The molecule has 0 heterocycles. The molecule has 0 radical (unpaired) electrons. The van der Waals surface area contributed by atoms with Gasteiger partial charge in [-0.3, -0.25) is 0 Å². The fourth-order valence-electron chi connectivity index (χ4n) is 1.21. The molecule has 8 heavy (non-hydrogen) atoms. The van der Waals surface area contributed by atoms with E-state index in [1.165, 1.54) is 0 Å². The molecule has 0 aliphatic heterocycles. The fourth-order valence-corrected chi connectivity index (χ4v) is 1.21. The summed E-state index contributed by atoms with van der Waals surface area (Å²) in [7, 11) is 0. The van der Waals surface area contributed by atoms with Crippen LogP contribution < -0.4 is 0 Å². The molecule has 1 rings (SSSR count). The first-order valence-electron chi connectivity index (χ1n) is 3.13. The van der Waals surface area contributed by atoms with Crippen LogP contribution in [0.5, 0.6) is 0 Å². The minimum Gasteiger partial charge on any atom is -0.393 e. The molecule has 0 unspecified atom stereocenters. The zero-order chi connectivity index (χ0) is 5.98. The summed E-state index contributed by atoms with van der Waals surface area (Å²) in [6, 6.07) is 0. The Morgan fingerprint density at radius 3 is 2.50 bits per heavy atom. The van der Waals surface area contributed by atoms with Gasteiger partial charge in [0.25, 0.3) is 0 Å². The molecule has 1 nitrogen and oxygen atoms in total. The lowest BCUT2D eigenvalue weighted by Crippen LogP contribution is -1.97. The second-order valence-corrected chi connectivity index (χ2v) is 2.46. The highest BCUT2D eigenvalue weighted by Crippen LogP contribution is 2.25. The summed E-state index contributed by atoms with van der Waals surface area (Å²) in [5.74, 6) is 0.588.